The van der Waals surface area contributed by atoms with Crippen molar-refractivity contribution in [1.29, 1.82) is 0 Å². The fourth-order valence-electron chi connectivity index (χ4n) is 17.6. The number of aliphatic hydroxyl groups is 2. The fraction of sp³-hybridized carbons (Fsp3) is 0.838. The normalized spacial score (nSPS) is 28.6. The maximum Gasteiger partial charge on any atom is 0.407 e. The van der Waals surface area contributed by atoms with Crippen molar-refractivity contribution in [2.45, 2.75) is 153 Å². The topological polar surface area (TPSA) is 509 Å². The number of nitrogens with one attached hydrogen (secondary N) is 4. The lowest BCUT2D eigenvalue weighted by atomic mass is 9.43. The van der Waals surface area contributed by atoms with E-state index in [1.54, 1.807) is 19.6 Å². The Morgan fingerprint density at radius 1 is 0.529 bits per heavy atom. The second kappa shape index (κ2) is 42.1. The Hall–Kier alpha value is -6.55. The first kappa shape index (κ1) is 86.4. The Morgan fingerprint density at radius 2 is 1.02 bits per heavy atom. The zero-order valence-electron chi connectivity index (χ0n) is 60.3. The van der Waals surface area contributed by atoms with E-state index in [0.717, 1.165) is 29.1 Å². The van der Waals surface area contributed by atoms with Crippen molar-refractivity contribution in [2.75, 3.05) is 164 Å². The van der Waals surface area contributed by atoms with Crippen molar-refractivity contribution >= 4 is 65.7 Å². The van der Waals surface area contributed by atoms with Crippen LogP contribution in [0.3, 0.4) is 0 Å². The van der Waals surface area contributed by atoms with Crippen molar-refractivity contribution in [1.82, 2.24) is 55.6 Å². The van der Waals surface area contributed by atoms with E-state index in [1.165, 1.54) is 4.90 Å². The number of rotatable bonds is 44. The van der Waals surface area contributed by atoms with Crippen molar-refractivity contribution in [2.24, 2.45) is 46.3 Å². The van der Waals surface area contributed by atoms with Crippen LogP contribution in [0.4, 0.5) is 4.79 Å². The minimum absolute atomic E-state index is 0.00133. The van der Waals surface area contributed by atoms with Crippen LogP contribution in [-0.4, -0.2) is 363 Å². The Balaban J connectivity index is 1.05. The fourth-order valence-corrected chi connectivity index (χ4v) is 17.6. The van der Waals surface area contributed by atoms with Gasteiger partial charge in [-0.1, -0.05) is 27.2 Å². The third-order valence-corrected chi connectivity index (χ3v) is 22.8. The van der Waals surface area contributed by atoms with E-state index >= 15 is 0 Å². The van der Waals surface area contributed by atoms with Gasteiger partial charge >= 0.3 is 59.8 Å². The average molecular weight is 1490 g/mol. The molecule has 36 heteroatoms. The molecule has 104 heavy (non-hydrogen) atoms. The number of ether oxygens (including phenoxy) is 3. The molecule has 0 aromatic heterocycles. The first-order valence-corrected chi connectivity index (χ1v) is 36.5. The highest BCUT2D eigenvalue weighted by Crippen LogP contribution is 2.68. The van der Waals surface area contributed by atoms with Crippen LogP contribution in [0, 0.1) is 46.3 Å². The van der Waals surface area contributed by atoms with E-state index in [4.69, 9.17) is 14.2 Å². The molecule has 6 aliphatic rings. The lowest BCUT2D eigenvalue weighted by Crippen LogP contribution is -2.62. The molecule has 36 nitrogen and oxygen atoms in total. The maximum absolute atomic E-state index is 13.9. The minimum Gasteiger partial charge on any atom is -0.481 e. The molecule has 2 amide bonds. The van der Waals surface area contributed by atoms with E-state index in [2.05, 4.69) is 42.0 Å². The summed E-state index contributed by atoms with van der Waals surface area (Å²) in [6.07, 6.45) is 3.19. The Labute approximate surface area is 606 Å². The molecule has 0 bridgehead atoms. The summed E-state index contributed by atoms with van der Waals surface area (Å²) in [4.78, 5) is 144. The first-order chi connectivity index (χ1) is 49.2. The maximum atomic E-state index is 13.9. The van der Waals surface area contributed by atoms with Crippen LogP contribution in [0.5, 0.6) is 0 Å². The minimum atomic E-state index is -1.32. The van der Waals surface area contributed by atoms with Crippen LogP contribution < -0.4 is 21.3 Å². The molecule has 0 aromatic carbocycles. The van der Waals surface area contributed by atoms with Gasteiger partial charge in [0.15, 0.2) is 0 Å². The molecule has 6 rings (SSSR count). The van der Waals surface area contributed by atoms with Gasteiger partial charge in [0.25, 0.3) is 0 Å². The Bertz CT molecular complexity index is 2750. The number of aliphatic hydroxyl groups excluding tert-OH is 2. The Morgan fingerprint density at radius 3 is 1.49 bits per heavy atom. The van der Waals surface area contributed by atoms with Gasteiger partial charge < -0.3 is 81.0 Å². The molecule has 0 aromatic rings. The molecule has 15 N–H and O–H groups in total. The van der Waals surface area contributed by atoms with E-state index in [0.29, 0.717) is 64.3 Å². The molecule has 1 aliphatic heterocycles. The number of hydrogen-bond acceptors (Lipinski definition) is 25. The molecular weight excluding hydrogens is 1370 g/mol. The molecule has 0 radical (unpaired) electrons. The van der Waals surface area contributed by atoms with Gasteiger partial charge in [-0.25, -0.2) is 4.79 Å². The number of amides is 2. The number of carbonyl (C=O) groups excluding carboxylic acids is 2. The van der Waals surface area contributed by atoms with Gasteiger partial charge in [0.1, 0.15) is 12.1 Å². The summed E-state index contributed by atoms with van der Waals surface area (Å²) in [6, 6.07) is -1.69. The van der Waals surface area contributed by atoms with Gasteiger partial charge in [0, 0.05) is 104 Å². The van der Waals surface area contributed by atoms with Crippen LogP contribution in [0.2, 0.25) is 0 Å². The highest BCUT2D eigenvalue weighted by atomic mass is 16.6. The highest BCUT2D eigenvalue weighted by molar-refractivity contribution is 5.78. The summed E-state index contributed by atoms with van der Waals surface area (Å²) < 4.78 is 18.9. The third kappa shape index (κ3) is 27.3. The lowest BCUT2D eigenvalue weighted by molar-refractivity contribution is -0.207. The molecule has 5 saturated carbocycles. The Kier molecular flexibility index (Phi) is 35.0. The quantitative estimate of drug-likeness (QED) is 0.0248. The van der Waals surface area contributed by atoms with Crippen LogP contribution in [-0.2, 0) is 62.2 Å². The first-order valence-electron chi connectivity index (χ1n) is 36.5. The van der Waals surface area contributed by atoms with Crippen LogP contribution >= 0.6 is 0 Å². The number of carboxylic acids is 9. The number of fused-ring (bicyclic) bond motifs is 5. The molecule has 15 atom stereocenters. The van der Waals surface area contributed by atoms with E-state index < -0.39 is 134 Å². The van der Waals surface area contributed by atoms with Gasteiger partial charge in [-0.2, -0.15) is 0 Å². The standard InChI is InChI=1S/C68H115N11O25/c1-43(7-10-56(83)84)47-8-9-48-64-49(32-54(81)68(47,48)3)67(2)12-11-46(28-44(67)29-51(64)80)104-66(101)72-45-30-52(102-41-69-13-5-4-6-50(65(99)100)79(26-24-77(37-60(91)92)38-61(93)94)27-25-78(39-62(95)96)40-63(97)98)53(31-45)103-42-70-14-15-71-55(82)33-73-16-18-74(34-57(85)86)20-22-76(36-59(89)90)23-21-75(19-17-73)35-58(87)88/h43-54,64,69-70,80-81H,4-42H2,1-3H3,(H,71,82)(H,72,101)(H,83,84)(H,85,86)(H,87,88)(H,89,90)(H,91,92)(H,93,94)(H,95,96)(H,97,98)(H,99,100)/t43?,44-,45?,46+,47?,48?,49?,50?,51+,52?,53+,54-,64?,67-,68+/m0/s1. The average Bonchev–Trinajstić information content (AvgIpc) is 1.38. The molecule has 6 fully saturated rings. The van der Waals surface area contributed by atoms with Crippen LogP contribution in [0.25, 0.3) is 0 Å². The predicted octanol–water partition coefficient (Wildman–Crippen LogP) is -1.33. The number of unbranched alkanes of at least 4 members (excludes halogenated alkanes) is 1. The van der Waals surface area contributed by atoms with Crippen molar-refractivity contribution in [3.8, 4) is 0 Å². The predicted molar refractivity (Wildman–Crippen MR) is 368 cm³/mol. The van der Waals surface area contributed by atoms with Crippen LogP contribution in [0.15, 0.2) is 0 Å². The molecular formula is C68H115N11O25. The number of aliphatic carboxylic acids is 9. The van der Waals surface area contributed by atoms with Crippen molar-refractivity contribution in [3.63, 3.8) is 0 Å². The number of hydrogen-bond donors (Lipinski definition) is 15. The molecule has 8 unspecified atom stereocenters. The van der Waals surface area contributed by atoms with Crippen molar-refractivity contribution < 1.29 is 123 Å². The van der Waals surface area contributed by atoms with E-state index in [1.807, 2.05) is 0 Å². The van der Waals surface area contributed by atoms with E-state index in [-0.39, 0.29) is 191 Å². The number of carbonyl (C=O) groups is 11. The molecule has 1 saturated heterocycles. The lowest BCUT2D eigenvalue weighted by Gasteiger charge is -2.63. The smallest absolute Gasteiger partial charge is 0.407 e. The zero-order valence-corrected chi connectivity index (χ0v) is 60.3. The zero-order chi connectivity index (χ0) is 76.4. The molecule has 5 aliphatic carbocycles. The third-order valence-electron chi connectivity index (χ3n) is 22.8. The SMILES string of the molecule is CC(CCC(=O)O)C1CCC2C3C(C[C@H](O)[C@]12C)[C@@]1(C)CC[C@@H](OC(=O)NC2CC(OCNCCCCC(C(=O)O)N(CCN(CC(=O)O)CC(=O)O)CCN(CC(=O)O)CC(=O)O)[C@H](OCNCCNC(=O)CN4CCN(CC(=O)O)CCN(CC(=O)O)CCN(CC(=O)O)CC4)C2)C[C@H]1C[C@H]3O. The summed E-state index contributed by atoms with van der Waals surface area (Å²) in [5.41, 5.74) is -0.671. The summed E-state index contributed by atoms with van der Waals surface area (Å²) in [5, 5.41) is 123. The number of alkyl carbamates (subject to hydrolysis) is 1. The summed E-state index contributed by atoms with van der Waals surface area (Å²) >= 11 is 0. The van der Waals surface area contributed by atoms with Gasteiger partial charge in [-0.05, 0) is 130 Å². The monoisotopic (exact) mass is 1490 g/mol. The molecule has 0 spiro atoms. The largest absolute Gasteiger partial charge is 0.481 e. The van der Waals surface area contributed by atoms with E-state index in [9.17, 15) is 109 Å². The number of nitrogens with zero attached hydrogens (tertiary/aromatic N) is 7. The summed E-state index contributed by atoms with van der Waals surface area (Å²) in [7, 11) is 0. The second-order valence-corrected chi connectivity index (χ2v) is 29.8. The van der Waals surface area contributed by atoms with Crippen LogP contribution in [0.1, 0.15) is 111 Å². The van der Waals surface area contributed by atoms with Gasteiger partial charge in [-0.3, -0.25) is 92.9 Å². The number of carboxylic acid groups (broad SMARTS) is 9. The van der Waals surface area contributed by atoms with Crippen molar-refractivity contribution in [3.05, 3.63) is 0 Å². The van der Waals surface area contributed by atoms with Gasteiger partial charge in [0.05, 0.1) is 90.2 Å². The molecule has 592 valence electrons. The van der Waals surface area contributed by atoms with Gasteiger partial charge in [-0.15, -0.1) is 0 Å². The second-order valence-electron chi connectivity index (χ2n) is 29.8. The molecule has 1 heterocycles. The summed E-state index contributed by atoms with van der Waals surface area (Å²) in [6.45, 7) is 4.74. The summed E-state index contributed by atoms with van der Waals surface area (Å²) in [5.74, 6) is -10.6. The van der Waals surface area contributed by atoms with Gasteiger partial charge in [0.2, 0.25) is 5.91 Å². The highest BCUT2D eigenvalue weighted by Gasteiger charge is 2.66.